The molecule has 1 aromatic heterocycles. The number of ether oxygens (including phenoxy) is 2. The number of fused-ring (bicyclic) bond motifs is 2. The van der Waals surface area contributed by atoms with E-state index in [1.165, 1.54) is 17.0 Å². The van der Waals surface area contributed by atoms with Gasteiger partial charge < -0.3 is 24.6 Å². The van der Waals surface area contributed by atoms with Crippen LogP contribution in [0.2, 0.25) is 0 Å². The number of nitrogens with zero attached hydrogens (tertiary/aromatic N) is 4. The van der Waals surface area contributed by atoms with Crippen LogP contribution in [0.4, 0.5) is 16.2 Å². The van der Waals surface area contributed by atoms with Crippen LogP contribution in [0.1, 0.15) is 70.2 Å². The topological polar surface area (TPSA) is 79.3 Å². The van der Waals surface area contributed by atoms with E-state index in [1.54, 1.807) is 0 Å². The first-order valence-electron chi connectivity index (χ1n) is 13.6. The van der Waals surface area contributed by atoms with Crippen molar-refractivity contribution >= 4 is 23.2 Å². The van der Waals surface area contributed by atoms with E-state index in [9.17, 15) is 4.79 Å². The SMILES string of the molecule is CCCC1C(CNC2CCOc3cccnc32)=Nc2cccc(N3CCN(C(=O)OC(C)(C)C)CC3)c21. The van der Waals surface area contributed by atoms with Crippen LogP contribution < -0.4 is 15.0 Å². The number of hydrogen-bond donors (Lipinski definition) is 1. The monoisotopic (exact) mass is 505 g/mol. The van der Waals surface area contributed by atoms with Gasteiger partial charge in [-0.15, -0.1) is 0 Å². The van der Waals surface area contributed by atoms with E-state index in [1.807, 2.05) is 44.0 Å². The molecule has 198 valence electrons. The van der Waals surface area contributed by atoms with Crippen molar-refractivity contribution in [3.63, 3.8) is 0 Å². The van der Waals surface area contributed by atoms with E-state index in [2.05, 4.69) is 40.3 Å². The Balaban J connectivity index is 1.29. The van der Waals surface area contributed by atoms with Crippen molar-refractivity contribution in [2.75, 3.05) is 44.2 Å². The van der Waals surface area contributed by atoms with Crippen molar-refractivity contribution in [1.82, 2.24) is 15.2 Å². The third kappa shape index (κ3) is 5.59. The summed E-state index contributed by atoms with van der Waals surface area (Å²) >= 11 is 0. The molecule has 1 saturated heterocycles. The quantitative estimate of drug-likeness (QED) is 0.580. The fraction of sp³-hybridized carbons (Fsp3) is 0.552. The minimum Gasteiger partial charge on any atom is -0.492 e. The zero-order valence-corrected chi connectivity index (χ0v) is 22.5. The third-order valence-corrected chi connectivity index (χ3v) is 7.25. The number of aliphatic imine (C=N–C) groups is 1. The number of rotatable bonds is 6. The van der Waals surface area contributed by atoms with Gasteiger partial charge in [0.15, 0.2) is 0 Å². The minimum absolute atomic E-state index is 0.166. The normalized spacial score (nSPS) is 21.1. The Bertz CT molecular complexity index is 1150. The second-order valence-corrected chi connectivity index (χ2v) is 11.1. The number of anilines is 1. The molecule has 1 aromatic carbocycles. The average Bonchev–Trinajstić information content (AvgIpc) is 3.24. The minimum atomic E-state index is -0.480. The first kappa shape index (κ1) is 25.5. The van der Waals surface area contributed by atoms with Gasteiger partial charge in [0, 0.05) is 68.2 Å². The highest BCUT2D eigenvalue weighted by Gasteiger charge is 2.33. The summed E-state index contributed by atoms with van der Waals surface area (Å²) in [4.78, 5) is 26.5. The second-order valence-electron chi connectivity index (χ2n) is 11.1. The lowest BCUT2D eigenvalue weighted by molar-refractivity contribution is 0.0240. The largest absolute Gasteiger partial charge is 0.492 e. The number of benzene rings is 1. The number of hydrogen-bond acceptors (Lipinski definition) is 7. The first-order valence-corrected chi connectivity index (χ1v) is 13.6. The van der Waals surface area contributed by atoms with Gasteiger partial charge in [0.1, 0.15) is 11.4 Å². The van der Waals surface area contributed by atoms with Crippen LogP contribution in [0.15, 0.2) is 41.5 Å². The Morgan fingerprint density at radius 3 is 2.73 bits per heavy atom. The zero-order valence-electron chi connectivity index (χ0n) is 22.5. The number of piperazine rings is 1. The molecule has 3 aliphatic rings. The summed E-state index contributed by atoms with van der Waals surface area (Å²) in [7, 11) is 0. The molecular formula is C29H39N5O3. The third-order valence-electron chi connectivity index (χ3n) is 7.25. The molecule has 0 aliphatic carbocycles. The lowest BCUT2D eigenvalue weighted by Gasteiger charge is -2.38. The van der Waals surface area contributed by atoms with Crippen LogP contribution in [0.25, 0.3) is 0 Å². The summed E-state index contributed by atoms with van der Waals surface area (Å²) in [5.74, 6) is 1.16. The van der Waals surface area contributed by atoms with Gasteiger partial charge in [-0.1, -0.05) is 19.4 Å². The van der Waals surface area contributed by atoms with E-state index in [4.69, 9.17) is 14.5 Å². The lowest BCUT2D eigenvalue weighted by atomic mass is 9.89. The molecular weight excluding hydrogens is 466 g/mol. The molecule has 37 heavy (non-hydrogen) atoms. The molecule has 0 saturated carbocycles. The second kappa shape index (κ2) is 10.7. The van der Waals surface area contributed by atoms with Gasteiger partial charge in [-0.3, -0.25) is 9.98 Å². The number of pyridine rings is 1. The molecule has 3 aliphatic heterocycles. The Labute approximate surface area is 220 Å². The Hall–Kier alpha value is -3.13. The molecule has 1 N–H and O–H groups in total. The van der Waals surface area contributed by atoms with Crippen molar-refractivity contribution in [1.29, 1.82) is 0 Å². The van der Waals surface area contributed by atoms with Crippen LogP contribution in [0.3, 0.4) is 0 Å². The fourth-order valence-electron chi connectivity index (χ4n) is 5.53. The summed E-state index contributed by atoms with van der Waals surface area (Å²) in [5, 5.41) is 3.73. The van der Waals surface area contributed by atoms with Crippen molar-refractivity contribution in [3.8, 4) is 5.75 Å². The van der Waals surface area contributed by atoms with E-state index in [0.29, 0.717) is 19.7 Å². The first-order chi connectivity index (χ1) is 17.8. The van der Waals surface area contributed by atoms with Crippen molar-refractivity contribution in [2.24, 2.45) is 4.99 Å². The van der Waals surface area contributed by atoms with Gasteiger partial charge in [0.25, 0.3) is 0 Å². The molecule has 2 atom stereocenters. The van der Waals surface area contributed by atoms with Crippen LogP contribution in [0, 0.1) is 0 Å². The van der Waals surface area contributed by atoms with E-state index in [0.717, 1.165) is 56.0 Å². The Morgan fingerprint density at radius 2 is 1.97 bits per heavy atom. The standard InChI is InChI=1S/C29H39N5O3/c1-5-8-20-23(19-31-22-12-18-36-25-11-7-13-30-27(22)25)32-21-9-6-10-24(26(20)21)33-14-16-34(17-15-33)28(35)37-29(2,3)4/h6-7,9-11,13,20,22,31H,5,8,12,14-19H2,1-4H3. The lowest BCUT2D eigenvalue weighted by Crippen LogP contribution is -2.50. The van der Waals surface area contributed by atoms with Crippen LogP contribution in [-0.2, 0) is 4.74 Å². The number of carbonyl (C=O) groups excluding carboxylic acids is 1. The molecule has 1 amide bonds. The highest BCUT2D eigenvalue weighted by Crippen LogP contribution is 2.44. The Morgan fingerprint density at radius 1 is 1.16 bits per heavy atom. The van der Waals surface area contributed by atoms with Crippen LogP contribution >= 0.6 is 0 Å². The highest BCUT2D eigenvalue weighted by molar-refractivity contribution is 6.01. The smallest absolute Gasteiger partial charge is 0.410 e. The fourth-order valence-corrected chi connectivity index (χ4v) is 5.53. The average molecular weight is 506 g/mol. The van der Waals surface area contributed by atoms with E-state index >= 15 is 0 Å². The maximum atomic E-state index is 12.6. The zero-order chi connectivity index (χ0) is 26.0. The molecule has 1 fully saturated rings. The summed E-state index contributed by atoms with van der Waals surface area (Å²) < 4.78 is 11.4. The number of amides is 1. The van der Waals surface area contributed by atoms with Crippen molar-refractivity contribution < 1.29 is 14.3 Å². The number of nitrogens with one attached hydrogen (secondary N) is 1. The predicted molar refractivity (Wildman–Crippen MR) is 146 cm³/mol. The maximum absolute atomic E-state index is 12.6. The van der Waals surface area contributed by atoms with Gasteiger partial charge in [-0.2, -0.15) is 0 Å². The molecule has 2 aromatic rings. The molecule has 0 radical (unpaired) electrons. The van der Waals surface area contributed by atoms with Gasteiger partial charge in [-0.25, -0.2) is 4.79 Å². The summed E-state index contributed by atoms with van der Waals surface area (Å²) in [6.07, 6.45) is 4.65. The van der Waals surface area contributed by atoms with E-state index < -0.39 is 5.60 Å². The van der Waals surface area contributed by atoms with E-state index in [-0.39, 0.29) is 18.1 Å². The molecule has 8 nitrogen and oxygen atoms in total. The maximum Gasteiger partial charge on any atom is 0.410 e. The molecule has 8 heteroatoms. The molecule has 5 rings (SSSR count). The van der Waals surface area contributed by atoms with Gasteiger partial charge in [0.05, 0.1) is 24.0 Å². The van der Waals surface area contributed by atoms with Crippen LogP contribution in [0.5, 0.6) is 5.75 Å². The number of carbonyl (C=O) groups is 1. The molecule has 0 spiro atoms. The molecule has 2 unspecified atom stereocenters. The summed E-state index contributed by atoms with van der Waals surface area (Å²) in [5.41, 5.74) is 5.36. The van der Waals surface area contributed by atoms with Crippen LogP contribution in [-0.4, -0.2) is 66.6 Å². The summed E-state index contributed by atoms with van der Waals surface area (Å²) in [6, 6.07) is 10.5. The molecule has 0 bridgehead atoms. The Kier molecular flexibility index (Phi) is 7.38. The van der Waals surface area contributed by atoms with Gasteiger partial charge in [-0.05, 0) is 51.5 Å². The van der Waals surface area contributed by atoms with Gasteiger partial charge in [0.2, 0.25) is 0 Å². The highest BCUT2D eigenvalue weighted by atomic mass is 16.6. The van der Waals surface area contributed by atoms with Crippen molar-refractivity contribution in [2.45, 2.75) is 64.5 Å². The van der Waals surface area contributed by atoms with Crippen molar-refractivity contribution in [3.05, 3.63) is 47.8 Å². The number of aromatic nitrogens is 1. The summed E-state index contributed by atoms with van der Waals surface area (Å²) in [6.45, 7) is 12.3. The predicted octanol–water partition coefficient (Wildman–Crippen LogP) is 5.22. The van der Waals surface area contributed by atoms with Gasteiger partial charge >= 0.3 is 6.09 Å². The molecule has 4 heterocycles.